The lowest BCUT2D eigenvalue weighted by molar-refractivity contribution is 0.0954. The summed E-state index contributed by atoms with van der Waals surface area (Å²) in [7, 11) is -3.67. The Morgan fingerprint density at radius 2 is 1.94 bits per heavy atom. The minimum Gasteiger partial charge on any atom is -0.352 e. The van der Waals surface area contributed by atoms with Gasteiger partial charge in [0.2, 0.25) is 10.0 Å². The Hall–Kier alpha value is -1.78. The predicted molar refractivity (Wildman–Crippen MR) is 128 cm³/mol. The summed E-state index contributed by atoms with van der Waals surface area (Å²) < 4.78 is 26.8. The molecule has 3 aromatic rings. The monoisotopic (exact) mass is 497 g/mol. The largest absolute Gasteiger partial charge is 0.352 e. The van der Waals surface area contributed by atoms with Gasteiger partial charge in [0.25, 0.3) is 5.91 Å². The average molecular weight is 498 g/mol. The normalized spacial score (nSPS) is 11.8. The van der Waals surface area contributed by atoms with Gasteiger partial charge in [-0.05, 0) is 43.7 Å². The van der Waals surface area contributed by atoms with Gasteiger partial charge in [0, 0.05) is 29.9 Å². The summed E-state index contributed by atoms with van der Waals surface area (Å²) in [5, 5.41) is 6.12. The molecule has 0 saturated heterocycles. The number of sulfonamides is 1. The van der Waals surface area contributed by atoms with Gasteiger partial charge in [-0.2, -0.15) is 4.31 Å². The molecular weight excluding hydrogens is 474 g/mol. The number of hydrogen-bond acceptors (Lipinski definition) is 6. The molecule has 2 heterocycles. The summed E-state index contributed by atoms with van der Waals surface area (Å²) in [6.07, 6.45) is 0.661. The Kier molecular flexibility index (Phi) is 7.87. The van der Waals surface area contributed by atoms with Crippen LogP contribution in [0.5, 0.6) is 0 Å². The molecule has 6 nitrogen and oxygen atoms in total. The van der Waals surface area contributed by atoms with Crippen molar-refractivity contribution in [3.63, 3.8) is 0 Å². The lowest BCUT2D eigenvalue weighted by Gasteiger charge is -2.19. The molecule has 0 aliphatic rings. The summed E-state index contributed by atoms with van der Waals surface area (Å²) >= 11 is 9.45. The van der Waals surface area contributed by atoms with Gasteiger partial charge in [0.05, 0.1) is 31.1 Å². The zero-order chi connectivity index (χ0) is 22.6. The first kappa shape index (κ1) is 23.9. The lowest BCUT2D eigenvalue weighted by atomic mass is 10.2. The van der Waals surface area contributed by atoms with E-state index < -0.39 is 15.9 Å². The molecule has 0 radical (unpaired) electrons. The van der Waals surface area contributed by atoms with Crippen LogP contribution in [-0.4, -0.2) is 43.2 Å². The van der Waals surface area contributed by atoms with E-state index in [9.17, 15) is 13.2 Å². The summed E-state index contributed by atoms with van der Waals surface area (Å²) in [4.78, 5) is 19.5. The van der Waals surface area contributed by atoms with Crippen LogP contribution in [-0.2, 0) is 16.4 Å². The van der Waals surface area contributed by atoms with Crippen LogP contribution in [0.3, 0.4) is 0 Å². The third-order valence-electron chi connectivity index (χ3n) is 4.72. The van der Waals surface area contributed by atoms with Gasteiger partial charge in [-0.1, -0.05) is 25.4 Å². The minimum atomic E-state index is -3.67. The molecule has 1 amide bonds. The standard InChI is InChI=1S/C21H24ClN3O3S3/c1-4-25(5-2)31(27,28)16-7-8-18(22)17(12-16)21(26)23-11-10-15-6-9-20(30-15)19-13-29-14(3)24-19/h6-9,12-13H,4-5,10-11H2,1-3H3,(H,23,26). The molecule has 31 heavy (non-hydrogen) atoms. The molecule has 0 aliphatic carbocycles. The molecule has 2 aromatic heterocycles. The van der Waals surface area contributed by atoms with E-state index >= 15 is 0 Å². The second-order valence-electron chi connectivity index (χ2n) is 6.75. The number of carbonyl (C=O) groups is 1. The molecule has 0 aliphatic heterocycles. The second kappa shape index (κ2) is 10.2. The fourth-order valence-electron chi connectivity index (χ4n) is 3.07. The van der Waals surface area contributed by atoms with Crippen molar-refractivity contribution in [1.82, 2.24) is 14.6 Å². The number of aryl methyl sites for hydroxylation is 1. The maximum absolute atomic E-state index is 12.7. The number of hydrogen-bond donors (Lipinski definition) is 1. The first-order chi connectivity index (χ1) is 14.8. The number of carbonyl (C=O) groups excluding carboxylic acids is 1. The number of benzene rings is 1. The van der Waals surface area contributed by atoms with Gasteiger partial charge in [0.15, 0.2) is 0 Å². The average Bonchev–Trinajstić information content (AvgIpc) is 3.37. The Labute approximate surface area is 196 Å². The number of thiazole rings is 1. The van der Waals surface area contributed by atoms with E-state index in [4.69, 9.17) is 11.6 Å². The van der Waals surface area contributed by atoms with Crippen LogP contribution >= 0.6 is 34.3 Å². The van der Waals surface area contributed by atoms with E-state index in [1.807, 2.05) is 24.4 Å². The highest BCUT2D eigenvalue weighted by atomic mass is 35.5. The third-order valence-corrected chi connectivity index (χ3v) is 9.03. The molecule has 0 atom stereocenters. The number of thiophene rings is 1. The zero-order valence-corrected chi connectivity index (χ0v) is 20.7. The van der Waals surface area contributed by atoms with Crippen LogP contribution in [0.4, 0.5) is 0 Å². The molecule has 0 bridgehead atoms. The van der Waals surface area contributed by atoms with Crippen LogP contribution in [0.2, 0.25) is 5.02 Å². The van der Waals surface area contributed by atoms with Crippen molar-refractivity contribution in [2.75, 3.05) is 19.6 Å². The predicted octanol–water partition coefficient (Wildman–Crippen LogP) is 4.84. The Morgan fingerprint density at radius 1 is 1.19 bits per heavy atom. The highest BCUT2D eigenvalue weighted by molar-refractivity contribution is 7.89. The summed E-state index contributed by atoms with van der Waals surface area (Å²) in [6.45, 7) is 6.65. The topological polar surface area (TPSA) is 79.4 Å². The van der Waals surface area contributed by atoms with Gasteiger partial charge >= 0.3 is 0 Å². The summed E-state index contributed by atoms with van der Waals surface area (Å²) in [6, 6.07) is 8.30. The highest BCUT2D eigenvalue weighted by Crippen LogP contribution is 2.29. The molecule has 0 fully saturated rings. The van der Waals surface area contributed by atoms with Gasteiger partial charge in [-0.25, -0.2) is 13.4 Å². The molecule has 1 aromatic carbocycles. The Bertz CT molecular complexity index is 1170. The SMILES string of the molecule is CCN(CC)S(=O)(=O)c1ccc(Cl)c(C(=O)NCCc2ccc(-c3csc(C)n3)s2)c1. The number of nitrogens with zero attached hydrogens (tertiary/aromatic N) is 2. The molecular formula is C21H24ClN3O3S3. The van der Waals surface area contributed by atoms with Crippen molar-refractivity contribution in [1.29, 1.82) is 0 Å². The zero-order valence-electron chi connectivity index (χ0n) is 17.5. The van der Waals surface area contributed by atoms with E-state index in [0.29, 0.717) is 26.1 Å². The van der Waals surface area contributed by atoms with E-state index in [1.54, 1.807) is 36.5 Å². The first-order valence-corrected chi connectivity index (χ1v) is 13.4. The molecule has 166 valence electrons. The minimum absolute atomic E-state index is 0.0622. The molecule has 0 spiro atoms. The molecule has 0 unspecified atom stereocenters. The van der Waals surface area contributed by atoms with Crippen LogP contribution in [0.15, 0.2) is 40.6 Å². The van der Waals surface area contributed by atoms with Crippen molar-refractivity contribution < 1.29 is 13.2 Å². The smallest absolute Gasteiger partial charge is 0.252 e. The summed E-state index contributed by atoms with van der Waals surface area (Å²) in [5.41, 5.74) is 1.13. The van der Waals surface area contributed by atoms with Crippen molar-refractivity contribution in [2.24, 2.45) is 0 Å². The van der Waals surface area contributed by atoms with Gasteiger partial charge < -0.3 is 5.32 Å². The van der Waals surface area contributed by atoms with Gasteiger partial charge in [-0.15, -0.1) is 22.7 Å². The number of rotatable bonds is 9. The fourth-order valence-corrected chi connectivity index (χ4v) is 6.42. The lowest BCUT2D eigenvalue weighted by Crippen LogP contribution is -2.31. The molecule has 1 N–H and O–H groups in total. The van der Waals surface area contributed by atoms with E-state index in [0.717, 1.165) is 20.5 Å². The third kappa shape index (κ3) is 5.53. The van der Waals surface area contributed by atoms with E-state index in [-0.39, 0.29) is 15.5 Å². The maximum atomic E-state index is 12.7. The molecule has 0 saturated carbocycles. The Balaban J connectivity index is 1.66. The molecule has 10 heteroatoms. The van der Waals surface area contributed by atoms with Gasteiger partial charge in [-0.3, -0.25) is 4.79 Å². The van der Waals surface area contributed by atoms with Crippen molar-refractivity contribution in [2.45, 2.75) is 32.1 Å². The number of aromatic nitrogens is 1. The molecule has 3 rings (SSSR count). The van der Waals surface area contributed by atoms with Crippen LogP contribution in [0.25, 0.3) is 10.6 Å². The number of halogens is 1. The van der Waals surface area contributed by atoms with Crippen molar-refractivity contribution in [3.05, 3.63) is 56.2 Å². The quantitative estimate of drug-likeness (QED) is 0.459. The van der Waals surface area contributed by atoms with Crippen LogP contribution in [0, 0.1) is 6.92 Å². The fraction of sp³-hybridized carbons (Fsp3) is 0.333. The van der Waals surface area contributed by atoms with Crippen molar-refractivity contribution in [3.8, 4) is 10.6 Å². The maximum Gasteiger partial charge on any atom is 0.252 e. The van der Waals surface area contributed by atoms with Crippen LogP contribution < -0.4 is 5.32 Å². The van der Waals surface area contributed by atoms with Crippen LogP contribution in [0.1, 0.15) is 34.1 Å². The van der Waals surface area contributed by atoms with Crippen molar-refractivity contribution >= 4 is 50.2 Å². The number of amides is 1. The van der Waals surface area contributed by atoms with Gasteiger partial charge in [0.1, 0.15) is 0 Å². The van der Waals surface area contributed by atoms with E-state index in [2.05, 4.69) is 10.3 Å². The highest BCUT2D eigenvalue weighted by Gasteiger charge is 2.23. The second-order valence-corrected chi connectivity index (χ2v) is 11.3. The Morgan fingerprint density at radius 3 is 2.58 bits per heavy atom. The number of nitrogens with one attached hydrogen (secondary N) is 1. The van der Waals surface area contributed by atoms with E-state index in [1.165, 1.54) is 22.5 Å². The summed E-state index contributed by atoms with van der Waals surface area (Å²) in [5.74, 6) is -0.395. The first-order valence-electron chi connectivity index (χ1n) is 9.85.